The molecule has 54 heavy (non-hydrogen) atoms. The molecule has 0 bridgehead atoms. The van der Waals surface area contributed by atoms with Gasteiger partial charge in [-0.15, -0.1) is 0 Å². The molecule has 0 heterocycles. The average molecular weight is 763 g/mol. The van der Waals surface area contributed by atoms with Crippen LogP contribution in [0.4, 0.5) is 0 Å². The van der Waals surface area contributed by atoms with Gasteiger partial charge in [0.15, 0.2) is 0 Å². The molecule has 1 rings (SSSR count). The normalized spacial score (nSPS) is 15.4. The zero-order valence-corrected chi connectivity index (χ0v) is 32.3. The zero-order chi connectivity index (χ0) is 41.2. The molecule has 0 aromatic carbocycles. The van der Waals surface area contributed by atoms with Crippen LogP contribution in [-0.2, 0) is 71.5 Å². The average Bonchev–Trinajstić information content (AvgIpc) is 3.13. The number of carbonyl (C=O) groups excluding carboxylic acids is 7. The van der Waals surface area contributed by atoms with Gasteiger partial charge >= 0.3 is 41.8 Å². The molecule has 0 saturated heterocycles. The molecule has 0 aromatic heterocycles. The molecular formula is C39H54O15. The summed E-state index contributed by atoms with van der Waals surface area (Å²) in [4.78, 5) is 88.7. The van der Waals surface area contributed by atoms with Crippen LogP contribution in [-0.4, -0.2) is 102 Å². The highest BCUT2D eigenvalue weighted by atomic mass is 16.6. The fraction of sp³-hybridized carbons (Fsp3) is 0.564. The van der Waals surface area contributed by atoms with Crippen molar-refractivity contribution in [2.24, 2.45) is 22.7 Å². The fourth-order valence-electron chi connectivity index (χ4n) is 4.87. The van der Waals surface area contributed by atoms with E-state index in [1.807, 2.05) is 0 Å². The van der Waals surface area contributed by atoms with Crippen LogP contribution in [0.3, 0.4) is 0 Å². The Labute approximate surface area is 316 Å². The number of hydrogen-bond donors (Lipinski definition) is 0. The Balaban J connectivity index is 3.65. The molecule has 0 aliphatic heterocycles. The lowest BCUT2D eigenvalue weighted by Crippen LogP contribution is -2.47. The predicted molar refractivity (Wildman–Crippen MR) is 193 cm³/mol. The van der Waals surface area contributed by atoms with Crippen LogP contribution >= 0.6 is 0 Å². The highest BCUT2D eigenvalue weighted by Crippen LogP contribution is 2.33. The molecular weight excluding hydrogens is 708 g/mol. The van der Waals surface area contributed by atoms with Gasteiger partial charge in [0.25, 0.3) is 0 Å². The molecule has 0 spiro atoms. The van der Waals surface area contributed by atoms with Gasteiger partial charge in [-0.25, -0.2) is 24.0 Å². The molecule has 1 saturated carbocycles. The van der Waals surface area contributed by atoms with E-state index in [2.05, 4.69) is 32.9 Å². The first kappa shape index (κ1) is 47.0. The number of hydrogen-bond acceptors (Lipinski definition) is 15. The van der Waals surface area contributed by atoms with Gasteiger partial charge in [-0.05, 0) is 47.5 Å². The monoisotopic (exact) mass is 762 g/mol. The lowest BCUT2D eigenvalue weighted by molar-refractivity contribution is -0.176. The highest BCUT2D eigenvalue weighted by Gasteiger charge is 2.43. The second kappa shape index (κ2) is 22.2. The summed E-state index contributed by atoms with van der Waals surface area (Å²) < 4.78 is 44.0. The molecule has 15 nitrogen and oxygen atoms in total. The first-order valence-electron chi connectivity index (χ1n) is 17.1. The third kappa shape index (κ3) is 15.5. The van der Waals surface area contributed by atoms with Crippen molar-refractivity contribution in [1.29, 1.82) is 0 Å². The molecule has 1 aliphatic carbocycles. The van der Waals surface area contributed by atoms with Crippen molar-refractivity contribution in [3.63, 3.8) is 0 Å². The Bertz CT molecular complexity index is 1380. The van der Waals surface area contributed by atoms with Crippen LogP contribution in [0.1, 0.15) is 60.3 Å². The number of methoxy groups -OCH3 is 1. The summed E-state index contributed by atoms with van der Waals surface area (Å²) in [6.07, 6.45) is 2.14. The molecule has 0 N–H and O–H groups in total. The highest BCUT2D eigenvalue weighted by molar-refractivity contribution is 5.89. The van der Waals surface area contributed by atoms with Crippen LogP contribution in [0.2, 0.25) is 0 Å². The summed E-state index contributed by atoms with van der Waals surface area (Å²) in [6.45, 7) is 20.8. The van der Waals surface area contributed by atoms with Gasteiger partial charge in [0.1, 0.15) is 39.6 Å². The van der Waals surface area contributed by atoms with Crippen LogP contribution < -0.4 is 0 Å². The Morgan fingerprint density at radius 2 is 0.704 bits per heavy atom. The van der Waals surface area contributed by atoms with Crippen molar-refractivity contribution in [3.05, 3.63) is 60.8 Å². The van der Waals surface area contributed by atoms with E-state index in [0.717, 1.165) is 0 Å². The van der Waals surface area contributed by atoms with Crippen molar-refractivity contribution in [3.8, 4) is 0 Å². The number of carbonyl (C=O) groups is 7. The van der Waals surface area contributed by atoms with Crippen molar-refractivity contribution < 1.29 is 71.5 Å². The van der Waals surface area contributed by atoms with Gasteiger partial charge in [-0.1, -0.05) is 45.7 Å². The third-order valence-electron chi connectivity index (χ3n) is 8.20. The van der Waals surface area contributed by atoms with E-state index in [0.29, 0.717) is 25.7 Å². The number of ether oxygens (including phenoxy) is 8. The summed E-state index contributed by atoms with van der Waals surface area (Å²) in [5, 5.41) is 0. The van der Waals surface area contributed by atoms with E-state index < -0.39 is 117 Å². The smallest absolute Gasteiger partial charge is 0.333 e. The summed E-state index contributed by atoms with van der Waals surface area (Å²) >= 11 is 0. The molecule has 0 aromatic rings. The lowest BCUT2D eigenvalue weighted by Gasteiger charge is -2.36. The third-order valence-corrected chi connectivity index (χ3v) is 8.20. The van der Waals surface area contributed by atoms with E-state index in [1.54, 1.807) is 0 Å². The summed E-state index contributed by atoms with van der Waals surface area (Å²) in [6, 6.07) is 0. The van der Waals surface area contributed by atoms with E-state index in [9.17, 15) is 33.6 Å². The van der Waals surface area contributed by atoms with Crippen LogP contribution in [0.5, 0.6) is 0 Å². The van der Waals surface area contributed by atoms with Gasteiger partial charge in [0, 0.05) is 27.9 Å². The second-order valence-corrected chi connectivity index (χ2v) is 13.9. The van der Waals surface area contributed by atoms with E-state index >= 15 is 0 Å². The summed E-state index contributed by atoms with van der Waals surface area (Å²) in [5.74, 6) is -6.88. The molecule has 300 valence electrons. The van der Waals surface area contributed by atoms with E-state index in [-0.39, 0.29) is 27.9 Å². The number of rotatable bonds is 23. The Kier molecular flexibility index (Phi) is 19.3. The molecule has 2 unspecified atom stereocenters. The zero-order valence-electron chi connectivity index (χ0n) is 32.3. The minimum atomic E-state index is -1.61. The topological polar surface area (TPSA) is 193 Å². The van der Waals surface area contributed by atoms with E-state index in [1.165, 1.54) is 41.7 Å². The predicted octanol–water partition coefficient (Wildman–Crippen LogP) is 4.09. The molecule has 1 fully saturated rings. The lowest BCUT2D eigenvalue weighted by atomic mass is 9.79. The maximum atomic E-state index is 13.5. The van der Waals surface area contributed by atoms with Gasteiger partial charge in [-0.2, -0.15) is 0 Å². The second-order valence-electron chi connectivity index (χ2n) is 13.9. The van der Waals surface area contributed by atoms with Gasteiger partial charge in [0.05, 0.1) is 43.0 Å². The largest absolute Gasteiger partial charge is 0.469 e. The standard InChI is InChI=1S/C39H54O15/c1-24(2)31(40)49-18-38(19-50-32(41)25(3)4,20-51-33(42)26(5)6)16-48-17-39(21-52-34(43)27(7)8,22-53-35(44)28(9)10)23-54-37(46)30-15-13-12-14-29(30)36(45)47-11/h29-30H,1,3,5,7,9,12-23H2,2,4,6,8,10-11H3. The quantitative estimate of drug-likeness (QED) is 0.0820. The molecule has 2 atom stereocenters. The summed E-state index contributed by atoms with van der Waals surface area (Å²) in [7, 11) is 1.23. The maximum absolute atomic E-state index is 13.5. The van der Waals surface area contributed by atoms with Gasteiger partial charge in [-0.3, -0.25) is 9.59 Å². The van der Waals surface area contributed by atoms with Crippen molar-refractivity contribution in [2.45, 2.75) is 60.3 Å². The SMILES string of the molecule is C=C(C)C(=O)OCC(COCC(COC(=O)C(=C)C)(COC(=O)C(=C)C)COC(=O)C1CCCCC1C(=O)OC)(COC(=O)C(=C)C)COC(=O)C(=C)C. The van der Waals surface area contributed by atoms with Gasteiger partial charge < -0.3 is 37.9 Å². The molecule has 15 heteroatoms. The van der Waals surface area contributed by atoms with Crippen molar-refractivity contribution in [2.75, 3.05) is 60.0 Å². The first-order chi connectivity index (χ1) is 25.2. The molecule has 0 radical (unpaired) electrons. The Morgan fingerprint density at radius 3 is 0.963 bits per heavy atom. The maximum Gasteiger partial charge on any atom is 0.333 e. The Morgan fingerprint density at radius 1 is 0.444 bits per heavy atom. The van der Waals surface area contributed by atoms with Crippen molar-refractivity contribution in [1.82, 2.24) is 0 Å². The minimum absolute atomic E-state index is 0.0425. The minimum Gasteiger partial charge on any atom is -0.469 e. The van der Waals surface area contributed by atoms with Crippen LogP contribution in [0, 0.1) is 22.7 Å². The van der Waals surface area contributed by atoms with Crippen LogP contribution in [0.15, 0.2) is 60.8 Å². The number of esters is 7. The Hall–Kier alpha value is -5.05. The van der Waals surface area contributed by atoms with Crippen LogP contribution in [0.25, 0.3) is 0 Å². The van der Waals surface area contributed by atoms with Crippen molar-refractivity contribution >= 4 is 41.8 Å². The molecule has 1 aliphatic rings. The first-order valence-corrected chi connectivity index (χ1v) is 17.1. The molecule has 0 amide bonds. The fourth-order valence-corrected chi connectivity index (χ4v) is 4.87. The summed E-state index contributed by atoms with van der Waals surface area (Å²) in [5.41, 5.74) is -2.94. The van der Waals surface area contributed by atoms with E-state index in [4.69, 9.17) is 37.9 Å². The van der Waals surface area contributed by atoms with Gasteiger partial charge in [0.2, 0.25) is 0 Å².